The van der Waals surface area contributed by atoms with Gasteiger partial charge in [0.25, 0.3) is 0 Å². The molecule has 6 rings (SSSR count). The van der Waals surface area contributed by atoms with Crippen LogP contribution in [0, 0.1) is 50.7 Å². The molecule has 1 aliphatic heterocycles. The molecular formula is C32H52O6. The van der Waals surface area contributed by atoms with Crippen LogP contribution in [-0.2, 0) is 14.3 Å². The summed E-state index contributed by atoms with van der Waals surface area (Å²) >= 11 is 0. The fraction of sp³-hybridized carbons (Fsp3) is 0.969. The number of carbonyl (C=O) groups is 1. The monoisotopic (exact) mass is 532 g/mol. The second-order valence-electron chi connectivity index (χ2n) is 16.3. The van der Waals surface area contributed by atoms with Gasteiger partial charge in [-0.25, -0.2) is 0 Å². The Balaban J connectivity index is 1.35. The molecule has 5 unspecified atom stereocenters. The van der Waals surface area contributed by atoms with Crippen LogP contribution >= 0.6 is 0 Å². The number of carbonyl (C=O) groups excluding carboxylic acids is 1. The summed E-state index contributed by atoms with van der Waals surface area (Å²) in [6, 6.07) is 0. The number of hydrogen-bond acceptors (Lipinski definition) is 6. The van der Waals surface area contributed by atoms with Crippen molar-refractivity contribution in [1.82, 2.24) is 0 Å². The molecule has 5 saturated carbocycles. The number of ether oxygens (including phenoxy) is 2. The third-order valence-corrected chi connectivity index (χ3v) is 14.1. The van der Waals surface area contributed by atoms with Crippen LogP contribution in [0.4, 0.5) is 0 Å². The normalized spacial score (nSPS) is 55.4. The van der Waals surface area contributed by atoms with Crippen LogP contribution in [0.15, 0.2) is 0 Å². The van der Waals surface area contributed by atoms with Gasteiger partial charge in [-0.3, -0.25) is 4.79 Å². The van der Waals surface area contributed by atoms with Gasteiger partial charge in [0.2, 0.25) is 0 Å². The van der Waals surface area contributed by atoms with Crippen molar-refractivity contribution >= 4 is 5.97 Å². The molecule has 0 aromatic rings. The summed E-state index contributed by atoms with van der Waals surface area (Å²) in [4.78, 5) is 11.9. The van der Waals surface area contributed by atoms with E-state index in [-0.39, 0.29) is 45.7 Å². The zero-order valence-corrected chi connectivity index (χ0v) is 24.9. The first kappa shape index (κ1) is 27.5. The molecule has 0 bridgehead atoms. The minimum atomic E-state index is -1.24. The number of fused-ring (bicyclic) bond motifs is 4. The quantitative estimate of drug-likeness (QED) is 0.449. The molecule has 38 heavy (non-hydrogen) atoms. The lowest BCUT2D eigenvalue weighted by Crippen LogP contribution is -2.59. The molecule has 6 aliphatic rings. The van der Waals surface area contributed by atoms with Gasteiger partial charge in [0.1, 0.15) is 0 Å². The van der Waals surface area contributed by atoms with Crippen molar-refractivity contribution in [1.29, 1.82) is 0 Å². The first-order valence-electron chi connectivity index (χ1n) is 15.4. The molecule has 6 heteroatoms. The van der Waals surface area contributed by atoms with Gasteiger partial charge in [0.05, 0.1) is 30.0 Å². The Morgan fingerprint density at radius 2 is 1.63 bits per heavy atom. The van der Waals surface area contributed by atoms with Crippen molar-refractivity contribution < 1.29 is 29.6 Å². The Morgan fingerprint density at radius 1 is 1.00 bits per heavy atom. The molecule has 0 aromatic carbocycles. The molecule has 216 valence electrons. The second-order valence-corrected chi connectivity index (χ2v) is 16.3. The lowest BCUT2D eigenvalue weighted by Gasteiger charge is -2.63. The lowest BCUT2D eigenvalue weighted by molar-refractivity contribution is -0.216. The Morgan fingerprint density at radius 3 is 2.26 bits per heavy atom. The molecule has 0 radical (unpaired) electrons. The molecule has 3 N–H and O–H groups in total. The highest BCUT2D eigenvalue weighted by Crippen LogP contribution is 2.89. The van der Waals surface area contributed by atoms with E-state index >= 15 is 0 Å². The molecular weight excluding hydrogens is 480 g/mol. The maximum absolute atomic E-state index is 12.3. The van der Waals surface area contributed by atoms with E-state index in [1.807, 2.05) is 0 Å². The predicted octanol–water partition coefficient (Wildman–Crippen LogP) is 4.86. The highest BCUT2D eigenvalue weighted by Gasteiger charge is 2.84. The molecule has 0 amide bonds. The summed E-state index contributed by atoms with van der Waals surface area (Å²) in [5.74, 6) is 1.09. The van der Waals surface area contributed by atoms with E-state index in [1.54, 1.807) is 13.8 Å². The lowest BCUT2D eigenvalue weighted by atomic mass is 9.41. The fourth-order valence-electron chi connectivity index (χ4n) is 12.4. The van der Waals surface area contributed by atoms with Crippen molar-refractivity contribution in [3.63, 3.8) is 0 Å². The molecule has 6 nitrogen and oxygen atoms in total. The van der Waals surface area contributed by atoms with Crippen LogP contribution in [0.5, 0.6) is 0 Å². The van der Waals surface area contributed by atoms with Gasteiger partial charge in [-0.05, 0) is 111 Å². The largest absolute Gasteiger partial charge is 0.457 e. The summed E-state index contributed by atoms with van der Waals surface area (Å²) in [7, 11) is 0. The van der Waals surface area contributed by atoms with E-state index in [0.29, 0.717) is 23.7 Å². The van der Waals surface area contributed by atoms with E-state index in [0.717, 1.165) is 32.1 Å². The van der Waals surface area contributed by atoms with Gasteiger partial charge in [-0.15, -0.1) is 0 Å². The molecule has 6 fully saturated rings. The Hall–Kier alpha value is -0.690. The summed E-state index contributed by atoms with van der Waals surface area (Å²) in [5, 5.41) is 34.2. The van der Waals surface area contributed by atoms with Gasteiger partial charge in [-0.1, -0.05) is 34.6 Å². The minimum absolute atomic E-state index is 0.0383. The van der Waals surface area contributed by atoms with Crippen molar-refractivity contribution in [2.45, 2.75) is 143 Å². The van der Waals surface area contributed by atoms with Crippen molar-refractivity contribution in [2.75, 3.05) is 0 Å². The Labute approximate surface area is 229 Å². The molecule has 13 atom stereocenters. The standard InChI is InChI=1S/C32H52O6/c1-17-15-19(26(28(5,6)36)37-18(2)33)38-24-23(17)29(7)13-14-32-16-31(32)12-11-22(34)27(3,4)20(31)9-10-21(32)30(29,8)25(24)35/h17,19-26,34-36H,9-16H2,1-8H3/t17-,19?,20+,21+,22?,23?,24?,25+,26+,29-,30-,31-,32?/m1/s1. The van der Waals surface area contributed by atoms with E-state index in [2.05, 4.69) is 34.6 Å². The molecule has 0 aromatic heterocycles. The zero-order valence-electron chi connectivity index (χ0n) is 24.9. The first-order valence-corrected chi connectivity index (χ1v) is 15.4. The average Bonchev–Trinajstić information content (AvgIpc) is 3.44. The van der Waals surface area contributed by atoms with Gasteiger partial charge in [0.15, 0.2) is 6.10 Å². The highest BCUT2D eigenvalue weighted by molar-refractivity contribution is 5.66. The Bertz CT molecular complexity index is 1000. The summed E-state index contributed by atoms with van der Waals surface area (Å²) in [6.45, 7) is 16.4. The number of aliphatic hydroxyl groups excluding tert-OH is 2. The van der Waals surface area contributed by atoms with Gasteiger partial charge in [-0.2, -0.15) is 0 Å². The number of aliphatic hydroxyl groups is 3. The number of hydrogen-bond donors (Lipinski definition) is 3. The average molecular weight is 533 g/mol. The van der Waals surface area contributed by atoms with Crippen LogP contribution in [0.1, 0.15) is 107 Å². The number of esters is 1. The van der Waals surface area contributed by atoms with Crippen LogP contribution < -0.4 is 0 Å². The minimum Gasteiger partial charge on any atom is -0.457 e. The van der Waals surface area contributed by atoms with E-state index in [1.165, 1.54) is 19.8 Å². The number of rotatable bonds is 3. The third-order valence-electron chi connectivity index (χ3n) is 14.1. The predicted molar refractivity (Wildman–Crippen MR) is 144 cm³/mol. The highest BCUT2D eigenvalue weighted by atomic mass is 16.6. The molecule has 5 aliphatic carbocycles. The van der Waals surface area contributed by atoms with Gasteiger partial charge >= 0.3 is 5.97 Å². The summed E-state index contributed by atoms with van der Waals surface area (Å²) < 4.78 is 12.4. The second kappa shape index (κ2) is 7.98. The topological polar surface area (TPSA) is 96.2 Å². The van der Waals surface area contributed by atoms with E-state index < -0.39 is 29.9 Å². The van der Waals surface area contributed by atoms with Crippen molar-refractivity contribution in [3.05, 3.63) is 0 Å². The zero-order chi connectivity index (χ0) is 27.8. The third kappa shape index (κ3) is 3.13. The summed E-state index contributed by atoms with van der Waals surface area (Å²) in [6.07, 6.45) is 6.19. The molecule has 1 saturated heterocycles. The Kier molecular flexibility index (Phi) is 5.77. The maximum atomic E-state index is 12.3. The van der Waals surface area contributed by atoms with Crippen molar-refractivity contribution in [2.24, 2.45) is 50.7 Å². The maximum Gasteiger partial charge on any atom is 0.303 e. The van der Waals surface area contributed by atoms with E-state index in [9.17, 15) is 20.1 Å². The van der Waals surface area contributed by atoms with Gasteiger partial charge < -0.3 is 24.8 Å². The van der Waals surface area contributed by atoms with Crippen LogP contribution in [0.2, 0.25) is 0 Å². The molecule has 2 spiro atoms. The first-order chi connectivity index (χ1) is 17.5. The smallest absolute Gasteiger partial charge is 0.303 e. The SMILES string of the molecule is CC(=O)O[C@@H](C1C[C@@H](C)C2C(O1)[C@H](O)[C@@]1(C)[C@@H]3CC[C@H]4C(C)(C)C(O)CC[C@@]45CC35CC[C@]21C)C(C)(C)O. The fourth-order valence-corrected chi connectivity index (χ4v) is 12.4. The van der Waals surface area contributed by atoms with E-state index in [4.69, 9.17) is 9.47 Å². The van der Waals surface area contributed by atoms with Gasteiger partial charge in [0, 0.05) is 12.3 Å². The van der Waals surface area contributed by atoms with Crippen LogP contribution in [-0.4, -0.2) is 57.4 Å². The van der Waals surface area contributed by atoms with Crippen molar-refractivity contribution in [3.8, 4) is 0 Å². The van der Waals surface area contributed by atoms with Crippen LogP contribution in [0.3, 0.4) is 0 Å². The van der Waals surface area contributed by atoms with Crippen LogP contribution in [0.25, 0.3) is 0 Å². The molecule has 1 heterocycles. The summed E-state index contributed by atoms with van der Waals surface area (Å²) in [5.41, 5.74) is -1.01.